The second-order valence-electron chi connectivity index (χ2n) is 4.76. The zero-order chi connectivity index (χ0) is 15.3. The first kappa shape index (κ1) is 16.5. The van der Waals surface area contributed by atoms with Crippen LogP contribution in [0.5, 0.6) is 5.75 Å². The van der Waals surface area contributed by atoms with Crippen molar-refractivity contribution in [3.8, 4) is 5.75 Å². The molecule has 0 saturated carbocycles. The number of hydrogen-bond donors (Lipinski definition) is 2. The zero-order valence-electron chi connectivity index (χ0n) is 11.6. The van der Waals surface area contributed by atoms with Crippen LogP contribution in [0.3, 0.4) is 0 Å². The number of amides is 1. The van der Waals surface area contributed by atoms with E-state index in [4.69, 9.17) is 9.84 Å². The number of halogens is 1. The maximum atomic E-state index is 12.0. The first-order valence-electron chi connectivity index (χ1n) is 6.27. The third-order valence-electron chi connectivity index (χ3n) is 2.74. The van der Waals surface area contributed by atoms with Crippen LogP contribution in [-0.2, 0) is 9.59 Å². The van der Waals surface area contributed by atoms with E-state index in [0.29, 0.717) is 5.75 Å². The fraction of sp³-hybridized carbons (Fsp3) is 0.429. The van der Waals surface area contributed by atoms with Crippen LogP contribution in [0.1, 0.15) is 20.8 Å². The van der Waals surface area contributed by atoms with Gasteiger partial charge in [0.25, 0.3) is 5.91 Å². The lowest BCUT2D eigenvalue weighted by Gasteiger charge is -2.21. The number of para-hydroxylation sites is 1. The van der Waals surface area contributed by atoms with Crippen LogP contribution >= 0.6 is 15.9 Å². The highest BCUT2D eigenvalue weighted by molar-refractivity contribution is 9.10. The fourth-order valence-corrected chi connectivity index (χ4v) is 1.95. The molecule has 1 rings (SSSR count). The van der Waals surface area contributed by atoms with E-state index in [1.165, 1.54) is 0 Å². The van der Waals surface area contributed by atoms with Crippen LogP contribution in [0.15, 0.2) is 28.7 Å². The topological polar surface area (TPSA) is 75.6 Å². The number of rotatable bonds is 6. The predicted octanol–water partition coefficient (Wildman–Crippen LogP) is 2.44. The van der Waals surface area contributed by atoms with E-state index in [-0.39, 0.29) is 5.92 Å². The third-order valence-corrected chi connectivity index (χ3v) is 3.40. The van der Waals surface area contributed by atoms with Crippen LogP contribution in [0.25, 0.3) is 0 Å². The van der Waals surface area contributed by atoms with Crippen LogP contribution in [0, 0.1) is 5.92 Å². The lowest BCUT2D eigenvalue weighted by Crippen LogP contribution is -2.48. The van der Waals surface area contributed by atoms with Gasteiger partial charge in [0.1, 0.15) is 11.8 Å². The van der Waals surface area contributed by atoms with Crippen molar-refractivity contribution in [2.45, 2.75) is 32.9 Å². The molecule has 1 aromatic rings. The molecule has 2 N–H and O–H groups in total. The number of nitrogens with one attached hydrogen (secondary N) is 1. The van der Waals surface area contributed by atoms with Crippen LogP contribution < -0.4 is 10.1 Å². The van der Waals surface area contributed by atoms with Gasteiger partial charge in [-0.25, -0.2) is 4.79 Å². The summed E-state index contributed by atoms with van der Waals surface area (Å²) in [5.41, 5.74) is 0. The van der Waals surface area contributed by atoms with Crippen LogP contribution in [0.4, 0.5) is 0 Å². The predicted molar refractivity (Wildman–Crippen MR) is 78.6 cm³/mol. The minimum atomic E-state index is -1.05. The van der Waals surface area contributed by atoms with Crippen molar-refractivity contribution < 1.29 is 19.4 Å². The van der Waals surface area contributed by atoms with Crippen LogP contribution in [-0.4, -0.2) is 29.1 Å². The minimum absolute atomic E-state index is 0.202. The molecule has 1 amide bonds. The first-order valence-corrected chi connectivity index (χ1v) is 7.06. The molecule has 1 aromatic carbocycles. The van der Waals surface area contributed by atoms with Crippen molar-refractivity contribution in [2.24, 2.45) is 5.92 Å². The monoisotopic (exact) mass is 343 g/mol. The maximum absolute atomic E-state index is 12.0. The molecular formula is C14H18BrNO4. The van der Waals surface area contributed by atoms with Gasteiger partial charge in [-0.15, -0.1) is 0 Å². The second-order valence-corrected chi connectivity index (χ2v) is 5.61. The summed E-state index contributed by atoms with van der Waals surface area (Å²) in [5, 5.41) is 11.5. The van der Waals surface area contributed by atoms with E-state index in [2.05, 4.69) is 21.2 Å². The lowest BCUT2D eigenvalue weighted by molar-refractivity contribution is -0.144. The maximum Gasteiger partial charge on any atom is 0.326 e. The van der Waals surface area contributed by atoms with Crippen molar-refractivity contribution in [1.82, 2.24) is 5.32 Å². The second kappa shape index (κ2) is 7.28. The number of carboxylic acids is 1. The Morgan fingerprint density at radius 1 is 1.25 bits per heavy atom. The number of benzene rings is 1. The highest BCUT2D eigenvalue weighted by Crippen LogP contribution is 2.24. The van der Waals surface area contributed by atoms with Gasteiger partial charge in [-0.05, 0) is 40.9 Å². The zero-order valence-corrected chi connectivity index (χ0v) is 13.2. The lowest BCUT2D eigenvalue weighted by atomic mass is 10.0. The summed E-state index contributed by atoms with van der Waals surface area (Å²) in [7, 11) is 0. The Morgan fingerprint density at radius 2 is 1.85 bits per heavy atom. The van der Waals surface area contributed by atoms with Gasteiger partial charge in [0.05, 0.1) is 4.47 Å². The average Bonchev–Trinajstić information content (AvgIpc) is 2.37. The van der Waals surface area contributed by atoms with Gasteiger partial charge in [-0.3, -0.25) is 4.79 Å². The van der Waals surface area contributed by atoms with Crippen molar-refractivity contribution in [2.75, 3.05) is 0 Å². The van der Waals surface area contributed by atoms with E-state index in [0.717, 1.165) is 4.47 Å². The summed E-state index contributed by atoms with van der Waals surface area (Å²) in [6.07, 6.45) is -0.783. The summed E-state index contributed by atoms with van der Waals surface area (Å²) in [6, 6.07) is 6.23. The largest absolute Gasteiger partial charge is 0.480 e. The highest BCUT2D eigenvalue weighted by Gasteiger charge is 2.26. The van der Waals surface area contributed by atoms with E-state index in [1.807, 2.05) is 6.07 Å². The van der Waals surface area contributed by atoms with E-state index >= 15 is 0 Å². The molecule has 0 aliphatic carbocycles. The molecule has 5 nitrogen and oxygen atoms in total. The highest BCUT2D eigenvalue weighted by atomic mass is 79.9. The number of aliphatic carboxylic acids is 1. The Morgan fingerprint density at radius 3 is 2.35 bits per heavy atom. The summed E-state index contributed by atoms with van der Waals surface area (Å²) < 4.78 is 6.25. The Balaban J connectivity index is 2.68. The van der Waals surface area contributed by atoms with Gasteiger partial charge in [-0.1, -0.05) is 26.0 Å². The SMILES string of the molecule is CC(Oc1ccccc1Br)C(=O)NC(C(=O)O)C(C)C. The molecule has 0 saturated heterocycles. The van der Waals surface area contributed by atoms with Gasteiger partial charge in [0, 0.05) is 0 Å². The van der Waals surface area contributed by atoms with Crippen molar-refractivity contribution in [1.29, 1.82) is 0 Å². The Kier molecular flexibility index (Phi) is 6.01. The van der Waals surface area contributed by atoms with E-state index < -0.39 is 24.0 Å². The normalized spacial score (nSPS) is 13.7. The summed E-state index contributed by atoms with van der Waals surface area (Å²) in [5.74, 6) is -1.18. The fourth-order valence-electron chi connectivity index (χ4n) is 1.57. The average molecular weight is 344 g/mol. The Labute approximate surface area is 126 Å². The Bertz CT molecular complexity index is 490. The summed E-state index contributed by atoms with van der Waals surface area (Å²) >= 11 is 3.32. The number of carboxylic acid groups (broad SMARTS) is 1. The molecule has 0 radical (unpaired) electrons. The first-order chi connectivity index (χ1) is 9.32. The summed E-state index contributed by atoms with van der Waals surface area (Å²) in [4.78, 5) is 23.0. The number of hydrogen-bond acceptors (Lipinski definition) is 3. The molecule has 0 fully saturated rings. The Hall–Kier alpha value is -1.56. The third kappa shape index (κ3) is 4.52. The van der Waals surface area contributed by atoms with Gasteiger partial charge < -0.3 is 15.2 Å². The molecule has 2 unspecified atom stereocenters. The van der Waals surface area contributed by atoms with E-state index in [1.54, 1.807) is 39.0 Å². The van der Waals surface area contributed by atoms with Gasteiger partial charge >= 0.3 is 5.97 Å². The molecule has 6 heteroatoms. The molecule has 110 valence electrons. The molecule has 0 aliphatic heterocycles. The molecule has 20 heavy (non-hydrogen) atoms. The quantitative estimate of drug-likeness (QED) is 0.831. The molecule has 0 bridgehead atoms. The molecule has 0 aromatic heterocycles. The van der Waals surface area contributed by atoms with Crippen molar-refractivity contribution >= 4 is 27.8 Å². The van der Waals surface area contributed by atoms with Gasteiger partial charge in [0.2, 0.25) is 0 Å². The molecular weight excluding hydrogens is 326 g/mol. The van der Waals surface area contributed by atoms with Gasteiger partial charge in [-0.2, -0.15) is 0 Å². The van der Waals surface area contributed by atoms with Gasteiger partial charge in [0.15, 0.2) is 6.10 Å². The molecule has 2 atom stereocenters. The van der Waals surface area contributed by atoms with Crippen LogP contribution in [0.2, 0.25) is 0 Å². The van der Waals surface area contributed by atoms with E-state index in [9.17, 15) is 9.59 Å². The number of ether oxygens (including phenoxy) is 1. The molecule has 0 spiro atoms. The molecule has 0 aliphatic rings. The summed E-state index contributed by atoms with van der Waals surface area (Å²) in [6.45, 7) is 5.05. The smallest absolute Gasteiger partial charge is 0.326 e. The molecule has 0 heterocycles. The number of carbonyl (C=O) groups is 2. The standard InChI is InChI=1S/C14H18BrNO4/c1-8(2)12(14(18)19)16-13(17)9(3)20-11-7-5-4-6-10(11)15/h4-9,12H,1-3H3,(H,16,17)(H,18,19). The number of carbonyl (C=O) groups excluding carboxylic acids is 1. The minimum Gasteiger partial charge on any atom is -0.480 e. The van der Waals surface area contributed by atoms with Crippen molar-refractivity contribution in [3.05, 3.63) is 28.7 Å². The van der Waals surface area contributed by atoms with Crippen molar-refractivity contribution in [3.63, 3.8) is 0 Å².